The van der Waals surface area contributed by atoms with Crippen molar-refractivity contribution < 1.29 is 9.53 Å². The molecule has 0 radical (unpaired) electrons. The Bertz CT molecular complexity index is 870. The highest BCUT2D eigenvalue weighted by Crippen LogP contribution is 2.22. The highest BCUT2D eigenvalue weighted by molar-refractivity contribution is 7.97. The minimum atomic E-state index is -0.471. The third kappa shape index (κ3) is 6.42. The largest absolute Gasteiger partial charge is 0.444 e. The highest BCUT2D eigenvalue weighted by Gasteiger charge is 2.26. The van der Waals surface area contributed by atoms with E-state index in [0.717, 1.165) is 29.2 Å². The molecule has 2 aromatic rings. The molecule has 30 heavy (non-hydrogen) atoms. The number of para-hydroxylation sites is 1. The van der Waals surface area contributed by atoms with Crippen molar-refractivity contribution in [3.8, 4) is 0 Å². The van der Waals surface area contributed by atoms with Crippen LogP contribution in [0.25, 0.3) is 0 Å². The Labute approximate surface area is 183 Å². The Hall–Kier alpha value is -2.67. The molecule has 0 aliphatic carbocycles. The number of hydrogen-bond donors (Lipinski definition) is 1. The molecule has 1 N–H and O–H groups in total. The second kappa shape index (κ2) is 9.89. The summed E-state index contributed by atoms with van der Waals surface area (Å²) in [7, 11) is 0. The number of ether oxygens (including phenoxy) is 1. The summed E-state index contributed by atoms with van der Waals surface area (Å²) in [6, 6.07) is 16.5. The van der Waals surface area contributed by atoms with Gasteiger partial charge >= 0.3 is 6.09 Å². The molecule has 1 saturated heterocycles. The average molecular weight is 427 g/mol. The summed E-state index contributed by atoms with van der Waals surface area (Å²) < 4.78 is 5.49. The van der Waals surface area contributed by atoms with E-state index in [-0.39, 0.29) is 6.09 Å². The predicted octanol–water partition coefficient (Wildman–Crippen LogP) is 4.68. The number of rotatable bonds is 5. The van der Waals surface area contributed by atoms with E-state index in [1.165, 1.54) is 17.5 Å². The minimum Gasteiger partial charge on any atom is -0.444 e. The first-order valence-corrected chi connectivity index (χ1v) is 11.0. The summed E-state index contributed by atoms with van der Waals surface area (Å²) in [5.74, 6) is 0. The standard InChI is InChI=1S/C23H30N4O2S/c1-18-9-11-20(12-10-18)30-25-24-17-19-7-5-6-8-21(19)26-13-15-27(16-14-26)22(28)29-23(2,3)4/h5-12,17,25H,13-16H2,1-4H3/b24-17+. The molecule has 6 nitrogen and oxygen atoms in total. The van der Waals surface area contributed by atoms with Crippen molar-refractivity contribution in [2.45, 2.75) is 38.2 Å². The lowest BCUT2D eigenvalue weighted by Gasteiger charge is -2.37. The lowest BCUT2D eigenvalue weighted by atomic mass is 10.1. The summed E-state index contributed by atoms with van der Waals surface area (Å²) >= 11 is 1.48. The van der Waals surface area contributed by atoms with E-state index >= 15 is 0 Å². The summed E-state index contributed by atoms with van der Waals surface area (Å²) in [6.45, 7) is 10.5. The first-order valence-electron chi connectivity index (χ1n) is 10.2. The molecule has 7 heteroatoms. The maximum Gasteiger partial charge on any atom is 0.410 e. The Morgan fingerprint density at radius 3 is 2.40 bits per heavy atom. The number of carbonyl (C=O) groups excluding carboxylic acids is 1. The summed E-state index contributed by atoms with van der Waals surface area (Å²) in [5, 5.41) is 4.38. The van der Waals surface area contributed by atoms with Crippen molar-refractivity contribution in [2.75, 3.05) is 31.1 Å². The van der Waals surface area contributed by atoms with Crippen LogP contribution in [0.15, 0.2) is 58.5 Å². The van der Waals surface area contributed by atoms with Gasteiger partial charge in [-0.2, -0.15) is 5.10 Å². The topological polar surface area (TPSA) is 57.2 Å². The van der Waals surface area contributed by atoms with Crippen LogP contribution in [0.2, 0.25) is 0 Å². The summed E-state index contributed by atoms with van der Waals surface area (Å²) in [4.78, 5) is 20.5. The zero-order chi connectivity index (χ0) is 21.6. The predicted molar refractivity (Wildman–Crippen MR) is 124 cm³/mol. The molecule has 0 bridgehead atoms. The molecule has 1 aliphatic heterocycles. The van der Waals surface area contributed by atoms with Crippen LogP contribution in [-0.2, 0) is 4.74 Å². The van der Waals surface area contributed by atoms with Crippen molar-refractivity contribution in [3.63, 3.8) is 0 Å². The third-order valence-corrected chi connectivity index (χ3v) is 5.35. The van der Waals surface area contributed by atoms with Crippen LogP contribution < -0.4 is 9.73 Å². The number of aryl methyl sites for hydroxylation is 1. The number of piperazine rings is 1. The Balaban J connectivity index is 1.56. The van der Waals surface area contributed by atoms with Gasteiger partial charge in [-0.05, 0) is 45.9 Å². The number of anilines is 1. The van der Waals surface area contributed by atoms with Crippen LogP contribution in [0, 0.1) is 6.92 Å². The lowest BCUT2D eigenvalue weighted by Crippen LogP contribution is -2.50. The number of nitrogens with zero attached hydrogens (tertiary/aromatic N) is 3. The molecule has 0 spiro atoms. The van der Waals surface area contributed by atoms with Gasteiger partial charge < -0.3 is 14.5 Å². The fourth-order valence-corrected chi connectivity index (χ4v) is 3.61. The minimum absolute atomic E-state index is 0.241. The van der Waals surface area contributed by atoms with Gasteiger partial charge in [-0.1, -0.05) is 35.9 Å². The molecule has 1 heterocycles. The van der Waals surface area contributed by atoms with Crippen LogP contribution in [0.1, 0.15) is 31.9 Å². The van der Waals surface area contributed by atoms with Crippen molar-refractivity contribution in [2.24, 2.45) is 5.10 Å². The first-order chi connectivity index (χ1) is 14.3. The number of nitrogens with one attached hydrogen (secondary N) is 1. The van der Waals surface area contributed by atoms with Crippen molar-refractivity contribution in [1.29, 1.82) is 0 Å². The van der Waals surface area contributed by atoms with E-state index in [4.69, 9.17) is 4.74 Å². The van der Waals surface area contributed by atoms with E-state index in [1.54, 1.807) is 4.90 Å². The number of benzene rings is 2. The SMILES string of the molecule is Cc1ccc(SN/N=C/c2ccccc2N2CCN(C(=O)OC(C)(C)C)CC2)cc1. The molecule has 0 aromatic heterocycles. The maximum absolute atomic E-state index is 12.3. The number of hydrogen-bond acceptors (Lipinski definition) is 6. The van der Waals surface area contributed by atoms with Gasteiger partial charge in [-0.25, -0.2) is 9.63 Å². The van der Waals surface area contributed by atoms with Crippen molar-refractivity contribution in [3.05, 3.63) is 59.7 Å². The van der Waals surface area contributed by atoms with Crippen molar-refractivity contribution in [1.82, 2.24) is 9.73 Å². The highest BCUT2D eigenvalue weighted by atomic mass is 32.2. The molecule has 0 saturated carbocycles. The van der Waals surface area contributed by atoms with Gasteiger partial charge in [0, 0.05) is 54.3 Å². The molecule has 1 amide bonds. The van der Waals surface area contributed by atoms with Crippen molar-refractivity contribution >= 4 is 29.9 Å². The van der Waals surface area contributed by atoms with Gasteiger partial charge in [0.05, 0.1) is 6.21 Å². The fraction of sp³-hybridized carbons (Fsp3) is 0.391. The third-order valence-electron chi connectivity index (χ3n) is 4.65. The van der Waals surface area contributed by atoms with Gasteiger partial charge in [-0.15, -0.1) is 0 Å². The van der Waals surface area contributed by atoms with E-state index in [9.17, 15) is 4.79 Å². The second-order valence-corrected chi connectivity index (χ2v) is 9.14. The lowest BCUT2D eigenvalue weighted by molar-refractivity contribution is 0.0240. The first kappa shape index (κ1) is 22.0. The van der Waals surface area contributed by atoms with E-state index < -0.39 is 5.60 Å². The monoisotopic (exact) mass is 426 g/mol. The fourth-order valence-electron chi connectivity index (χ4n) is 3.12. The maximum atomic E-state index is 12.3. The van der Waals surface area contributed by atoms with Crippen LogP contribution in [0.5, 0.6) is 0 Å². The van der Waals surface area contributed by atoms with Gasteiger partial charge in [0.1, 0.15) is 5.60 Å². The van der Waals surface area contributed by atoms with Gasteiger partial charge in [0.2, 0.25) is 0 Å². The molecular weight excluding hydrogens is 396 g/mol. The van der Waals surface area contributed by atoms with Gasteiger partial charge in [0.25, 0.3) is 0 Å². The second-order valence-electron chi connectivity index (χ2n) is 8.28. The van der Waals surface area contributed by atoms with Crippen LogP contribution in [0.4, 0.5) is 10.5 Å². The summed E-state index contributed by atoms with van der Waals surface area (Å²) in [6.07, 6.45) is 1.60. The molecule has 2 aromatic carbocycles. The molecular formula is C23H30N4O2S. The van der Waals surface area contributed by atoms with E-state index in [1.807, 2.05) is 39.1 Å². The Morgan fingerprint density at radius 1 is 1.07 bits per heavy atom. The molecule has 1 fully saturated rings. The number of amides is 1. The van der Waals surface area contributed by atoms with E-state index in [2.05, 4.69) is 58.2 Å². The average Bonchev–Trinajstić information content (AvgIpc) is 2.72. The number of carbonyl (C=O) groups is 1. The van der Waals surface area contributed by atoms with E-state index in [0.29, 0.717) is 13.1 Å². The van der Waals surface area contributed by atoms with Crippen LogP contribution in [0.3, 0.4) is 0 Å². The van der Waals surface area contributed by atoms with Crippen LogP contribution in [-0.4, -0.2) is 49.0 Å². The molecule has 3 rings (SSSR count). The normalized spacial score (nSPS) is 14.8. The molecule has 160 valence electrons. The zero-order valence-electron chi connectivity index (χ0n) is 18.1. The summed E-state index contributed by atoms with van der Waals surface area (Å²) in [5.41, 5.74) is 2.93. The Morgan fingerprint density at radius 2 is 1.73 bits per heavy atom. The molecule has 1 aliphatic rings. The molecule has 0 unspecified atom stereocenters. The molecule has 0 atom stereocenters. The van der Waals surface area contributed by atoms with Gasteiger partial charge in [0.15, 0.2) is 0 Å². The zero-order valence-corrected chi connectivity index (χ0v) is 18.9. The Kier molecular flexibility index (Phi) is 7.26. The van der Waals surface area contributed by atoms with Crippen LogP contribution >= 0.6 is 11.9 Å². The quantitative estimate of drug-likeness (QED) is 0.427. The number of hydrazone groups is 1. The smallest absolute Gasteiger partial charge is 0.410 e. The van der Waals surface area contributed by atoms with Gasteiger partial charge in [-0.3, -0.25) is 0 Å².